The van der Waals surface area contributed by atoms with Crippen molar-refractivity contribution < 1.29 is 19.4 Å². The highest BCUT2D eigenvalue weighted by atomic mass is 16.6. The maximum Gasteiger partial charge on any atom is 0.405 e. The lowest BCUT2D eigenvalue weighted by Gasteiger charge is -2.25. The summed E-state index contributed by atoms with van der Waals surface area (Å²) in [5.74, 6) is -0.508. The first-order valence-corrected chi connectivity index (χ1v) is 4.11. The first kappa shape index (κ1) is 12.6. The van der Waals surface area contributed by atoms with Crippen LogP contribution in [-0.4, -0.2) is 28.7 Å². The summed E-state index contributed by atoms with van der Waals surface area (Å²) >= 11 is 0. The predicted molar refractivity (Wildman–Crippen MR) is 50.6 cm³/mol. The fourth-order valence-corrected chi connectivity index (χ4v) is 1.02. The van der Waals surface area contributed by atoms with Crippen LogP contribution in [0.3, 0.4) is 0 Å². The average Bonchev–Trinajstić information content (AvgIpc) is 1.99. The molecule has 80 valence electrons. The minimum atomic E-state index is -1.22. The number of ether oxygens (including phenoxy) is 1. The summed E-state index contributed by atoms with van der Waals surface area (Å²) in [6.07, 6.45) is -1.15. The third kappa shape index (κ3) is 4.61. The van der Waals surface area contributed by atoms with Crippen molar-refractivity contribution >= 4 is 11.9 Å². The van der Waals surface area contributed by atoms with Crippen LogP contribution >= 0.6 is 0 Å². The van der Waals surface area contributed by atoms with Gasteiger partial charge in [-0.15, -0.1) is 0 Å². The van der Waals surface area contributed by atoms with Crippen molar-refractivity contribution in [2.75, 3.05) is 0 Å². The molecule has 0 aliphatic heterocycles. The van der Waals surface area contributed by atoms with E-state index in [9.17, 15) is 14.7 Å². The number of rotatable bonds is 5. The maximum absolute atomic E-state index is 10.9. The molecule has 0 aliphatic rings. The number of primary amides is 1. The standard InChI is InChI=1S/C9H15NO4/c1-4-6(11)7(12)5-9(2,3)14-8(10)13/h4,7,12H,1,5H2,2-3H3,(H2,10,13). The van der Waals surface area contributed by atoms with E-state index in [-0.39, 0.29) is 6.42 Å². The molecule has 14 heavy (non-hydrogen) atoms. The summed E-state index contributed by atoms with van der Waals surface area (Å²) in [7, 11) is 0. The van der Waals surface area contributed by atoms with E-state index >= 15 is 0 Å². The van der Waals surface area contributed by atoms with Gasteiger partial charge in [-0.05, 0) is 19.9 Å². The van der Waals surface area contributed by atoms with E-state index in [2.05, 4.69) is 6.58 Å². The van der Waals surface area contributed by atoms with Gasteiger partial charge in [-0.1, -0.05) is 6.58 Å². The Morgan fingerprint density at radius 3 is 2.50 bits per heavy atom. The normalized spacial score (nSPS) is 13.1. The number of aliphatic hydroxyl groups is 1. The number of ketones is 1. The van der Waals surface area contributed by atoms with Gasteiger partial charge in [-0.25, -0.2) is 4.79 Å². The van der Waals surface area contributed by atoms with Crippen molar-refractivity contribution in [3.05, 3.63) is 12.7 Å². The van der Waals surface area contributed by atoms with Crippen LogP contribution in [0.4, 0.5) is 4.79 Å². The molecule has 1 unspecified atom stereocenters. The minimum Gasteiger partial charge on any atom is -0.444 e. The molecule has 0 rings (SSSR count). The van der Waals surface area contributed by atoms with Gasteiger partial charge in [0, 0.05) is 6.42 Å². The van der Waals surface area contributed by atoms with Crippen molar-refractivity contribution in [3.63, 3.8) is 0 Å². The van der Waals surface area contributed by atoms with Gasteiger partial charge in [0.25, 0.3) is 0 Å². The van der Waals surface area contributed by atoms with E-state index in [1.54, 1.807) is 13.8 Å². The first-order chi connectivity index (χ1) is 6.28. The van der Waals surface area contributed by atoms with Gasteiger partial charge in [0.05, 0.1) is 0 Å². The average molecular weight is 201 g/mol. The lowest BCUT2D eigenvalue weighted by Crippen LogP contribution is -2.36. The van der Waals surface area contributed by atoms with E-state index in [1.807, 2.05) is 0 Å². The Morgan fingerprint density at radius 1 is 1.64 bits per heavy atom. The Morgan fingerprint density at radius 2 is 2.14 bits per heavy atom. The van der Waals surface area contributed by atoms with Gasteiger partial charge in [0.15, 0.2) is 5.78 Å². The van der Waals surface area contributed by atoms with Crippen LogP contribution in [0.15, 0.2) is 12.7 Å². The van der Waals surface area contributed by atoms with Crippen LogP contribution in [0, 0.1) is 0 Å². The second kappa shape index (κ2) is 4.76. The van der Waals surface area contributed by atoms with Gasteiger partial charge in [0.1, 0.15) is 11.7 Å². The van der Waals surface area contributed by atoms with Crippen LogP contribution in [0.1, 0.15) is 20.3 Å². The number of hydrogen-bond donors (Lipinski definition) is 2. The van der Waals surface area contributed by atoms with Crippen molar-refractivity contribution in [1.82, 2.24) is 0 Å². The molecule has 0 aliphatic carbocycles. The Labute approximate surface area is 82.5 Å². The highest BCUT2D eigenvalue weighted by Gasteiger charge is 2.27. The van der Waals surface area contributed by atoms with Gasteiger partial charge in [0.2, 0.25) is 0 Å². The zero-order valence-corrected chi connectivity index (χ0v) is 8.32. The number of carbonyl (C=O) groups excluding carboxylic acids is 2. The van der Waals surface area contributed by atoms with Gasteiger partial charge < -0.3 is 15.6 Å². The summed E-state index contributed by atoms with van der Waals surface area (Å²) in [6, 6.07) is 0. The molecule has 0 radical (unpaired) electrons. The van der Waals surface area contributed by atoms with Gasteiger partial charge in [-0.2, -0.15) is 0 Å². The van der Waals surface area contributed by atoms with E-state index in [1.165, 1.54) is 0 Å². The van der Waals surface area contributed by atoms with Crippen molar-refractivity contribution in [3.8, 4) is 0 Å². The lowest BCUT2D eigenvalue weighted by atomic mass is 9.98. The topological polar surface area (TPSA) is 89.6 Å². The number of hydrogen-bond acceptors (Lipinski definition) is 4. The molecule has 1 amide bonds. The van der Waals surface area contributed by atoms with Gasteiger partial charge in [-0.3, -0.25) is 4.79 Å². The molecular formula is C9H15NO4. The monoisotopic (exact) mass is 201 g/mol. The molecule has 0 saturated carbocycles. The zero-order valence-electron chi connectivity index (χ0n) is 8.32. The third-order valence-corrected chi connectivity index (χ3v) is 1.59. The molecule has 0 aromatic carbocycles. The number of nitrogens with two attached hydrogens (primary N) is 1. The molecule has 0 saturated heterocycles. The Kier molecular flexibility index (Phi) is 4.30. The number of amides is 1. The fraction of sp³-hybridized carbons (Fsp3) is 0.556. The molecule has 5 heteroatoms. The van der Waals surface area contributed by atoms with Crippen LogP contribution in [0.2, 0.25) is 0 Å². The molecular weight excluding hydrogens is 186 g/mol. The first-order valence-electron chi connectivity index (χ1n) is 4.11. The van der Waals surface area contributed by atoms with Crippen molar-refractivity contribution in [2.45, 2.75) is 32.0 Å². The summed E-state index contributed by atoms with van der Waals surface area (Å²) in [5, 5.41) is 9.31. The fourth-order valence-electron chi connectivity index (χ4n) is 1.02. The summed E-state index contributed by atoms with van der Waals surface area (Å²) in [6.45, 7) is 6.34. The summed E-state index contributed by atoms with van der Waals surface area (Å²) < 4.78 is 4.70. The highest BCUT2D eigenvalue weighted by molar-refractivity contribution is 5.92. The molecule has 0 aromatic heterocycles. The molecule has 0 fully saturated rings. The molecule has 3 N–H and O–H groups in total. The van der Waals surface area contributed by atoms with Gasteiger partial charge >= 0.3 is 6.09 Å². The molecule has 0 aromatic rings. The van der Waals surface area contributed by atoms with Crippen LogP contribution in [0.25, 0.3) is 0 Å². The molecule has 5 nitrogen and oxygen atoms in total. The molecule has 1 atom stereocenters. The lowest BCUT2D eigenvalue weighted by molar-refractivity contribution is -0.125. The largest absolute Gasteiger partial charge is 0.444 e. The highest BCUT2D eigenvalue weighted by Crippen LogP contribution is 2.17. The smallest absolute Gasteiger partial charge is 0.405 e. The number of carbonyl (C=O) groups is 2. The Balaban J connectivity index is 4.27. The zero-order chi connectivity index (χ0) is 11.4. The van der Waals surface area contributed by atoms with E-state index < -0.39 is 23.6 Å². The third-order valence-electron chi connectivity index (χ3n) is 1.59. The van der Waals surface area contributed by atoms with Crippen LogP contribution in [0.5, 0.6) is 0 Å². The second-order valence-corrected chi connectivity index (χ2v) is 3.51. The maximum atomic E-state index is 10.9. The quantitative estimate of drug-likeness (QED) is 0.629. The second-order valence-electron chi connectivity index (χ2n) is 3.51. The van der Waals surface area contributed by atoms with E-state index in [0.717, 1.165) is 6.08 Å². The SMILES string of the molecule is C=CC(=O)C(O)CC(C)(C)OC(N)=O. The molecule has 0 spiro atoms. The van der Waals surface area contributed by atoms with Crippen molar-refractivity contribution in [2.24, 2.45) is 5.73 Å². The molecule has 0 bridgehead atoms. The Hall–Kier alpha value is -1.36. The van der Waals surface area contributed by atoms with Crippen molar-refractivity contribution in [1.29, 1.82) is 0 Å². The summed E-state index contributed by atoms with van der Waals surface area (Å²) in [5.41, 5.74) is 3.85. The van der Waals surface area contributed by atoms with Crippen LogP contribution in [-0.2, 0) is 9.53 Å². The van der Waals surface area contributed by atoms with E-state index in [0.29, 0.717) is 0 Å². The van der Waals surface area contributed by atoms with E-state index in [4.69, 9.17) is 10.5 Å². The van der Waals surface area contributed by atoms with Crippen LogP contribution < -0.4 is 5.73 Å². The minimum absolute atomic E-state index is 0.0131. The molecule has 0 heterocycles. The summed E-state index contributed by atoms with van der Waals surface area (Å²) in [4.78, 5) is 21.4. The Bertz CT molecular complexity index is 247. The number of aliphatic hydroxyl groups excluding tert-OH is 1. The predicted octanol–water partition coefficient (Wildman–Crippen LogP) is 0.366.